The van der Waals surface area contributed by atoms with Gasteiger partial charge in [0, 0.05) is 38.3 Å². The Morgan fingerprint density at radius 1 is 1.16 bits per heavy atom. The Kier molecular flexibility index (Phi) is 5.81. The van der Waals surface area contributed by atoms with Crippen LogP contribution in [0.3, 0.4) is 0 Å². The van der Waals surface area contributed by atoms with E-state index in [-0.39, 0.29) is 5.91 Å². The molecule has 2 aliphatic heterocycles. The molecular weight excluding hydrogens is 320 g/mol. The van der Waals surface area contributed by atoms with Crippen LogP contribution in [0.15, 0.2) is 30.0 Å². The van der Waals surface area contributed by atoms with Crippen molar-refractivity contribution in [1.82, 2.24) is 9.80 Å². The Bertz CT molecular complexity index is 636. The molecule has 136 valence electrons. The van der Waals surface area contributed by atoms with Crippen LogP contribution in [0.25, 0.3) is 0 Å². The molecule has 3 rings (SSSR count). The maximum absolute atomic E-state index is 12.5. The van der Waals surface area contributed by atoms with Crippen LogP contribution < -0.4 is 9.47 Å². The van der Waals surface area contributed by atoms with E-state index in [4.69, 9.17) is 14.2 Å². The van der Waals surface area contributed by atoms with Gasteiger partial charge < -0.3 is 19.1 Å². The minimum absolute atomic E-state index is 0.0262. The van der Waals surface area contributed by atoms with Gasteiger partial charge in [-0.25, -0.2) is 0 Å². The van der Waals surface area contributed by atoms with Crippen molar-refractivity contribution in [2.75, 3.05) is 47.0 Å². The molecule has 0 atom stereocenters. The van der Waals surface area contributed by atoms with Crippen molar-refractivity contribution in [2.24, 2.45) is 0 Å². The standard InChI is InChI=1S/C19H26N2O4/c1-23-16-6-7-17(24-2)15(13-16)14-20-8-10-21(11-9-20)19(22)18-5-3-4-12-25-18/h5-7,13H,3-4,8-12,14H2,1-2H3. The number of hydrogen-bond donors (Lipinski definition) is 0. The number of nitrogens with zero attached hydrogens (tertiary/aromatic N) is 2. The van der Waals surface area contributed by atoms with Crippen molar-refractivity contribution in [2.45, 2.75) is 19.4 Å². The second-order valence-corrected chi connectivity index (χ2v) is 6.31. The van der Waals surface area contributed by atoms with E-state index in [2.05, 4.69) is 4.90 Å². The number of amides is 1. The summed E-state index contributed by atoms with van der Waals surface area (Å²) in [6.45, 7) is 4.52. The average Bonchev–Trinajstić information content (AvgIpc) is 2.68. The minimum Gasteiger partial charge on any atom is -0.497 e. The van der Waals surface area contributed by atoms with E-state index >= 15 is 0 Å². The minimum atomic E-state index is 0.0262. The third-order valence-electron chi connectivity index (χ3n) is 4.69. The van der Waals surface area contributed by atoms with Gasteiger partial charge in [-0.05, 0) is 37.1 Å². The molecular formula is C19H26N2O4. The highest BCUT2D eigenvalue weighted by atomic mass is 16.5. The molecule has 0 aromatic heterocycles. The Balaban J connectivity index is 1.57. The molecule has 1 amide bonds. The molecule has 0 bridgehead atoms. The summed E-state index contributed by atoms with van der Waals surface area (Å²) in [6, 6.07) is 5.84. The first-order valence-electron chi connectivity index (χ1n) is 8.76. The smallest absolute Gasteiger partial charge is 0.288 e. The summed E-state index contributed by atoms with van der Waals surface area (Å²) in [7, 11) is 3.35. The third-order valence-corrected chi connectivity index (χ3v) is 4.69. The van der Waals surface area contributed by atoms with Crippen molar-refractivity contribution in [3.05, 3.63) is 35.6 Å². The van der Waals surface area contributed by atoms with Crippen LogP contribution in [0.1, 0.15) is 18.4 Å². The summed E-state index contributed by atoms with van der Waals surface area (Å²) in [5, 5.41) is 0. The Morgan fingerprint density at radius 2 is 1.96 bits per heavy atom. The summed E-state index contributed by atoms with van der Waals surface area (Å²) < 4.78 is 16.3. The third kappa shape index (κ3) is 4.25. The fourth-order valence-corrected chi connectivity index (χ4v) is 3.22. The number of rotatable bonds is 5. The van der Waals surface area contributed by atoms with E-state index < -0.39 is 0 Å². The Morgan fingerprint density at radius 3 is 2.60 bits per heavy atom. The zero-order valence-corrected chi connectivity index (χ0v) is 15.0. The van der Waals surface area contributed by atoms with Crippen LogP contribution >= 0.6 is 0 Å². The molecule has 0 spiro atoms. The Hall–Kier alpha value is -2.21. The van der Waals surface area contributed by atoms with Gasteiger partial charge in [-0.3, -0.25) is 9.69 Å². The number of benzene rings is 1. The molecule has 0 aliphatic carbocycles. The summed E-state index contributed by atoms with van der Waals surface area (Å²) in [4.78, 5) is 16.7. The van der Waals surface area contributed by atoms with Crippen molar-refractivity contribution in [3.8, 4) is 11.5 Å². The predicted octanol–water partition coefficient (Wildman–Crippen LogP) is 2.04. The number of allylic oxidation sites excluding steroid dienone is 1. The zero-order valence-electron chi connectivity index (χ0n) is 15.0. The molecule has 1 aromatic carbocycles. The van der Waals surface area contributed by atoms with Crippen LogP contribution in [-0.4, -0.2) is 62.7 Å². The van der Waals surface area contributed by atoms with Crippen molar-refractivity contribution >= 4 is 5.91 Å². The van der Waals surface area contributed by atoms with Crippen molar-refractivity contribution in [1.29, 1.82) is 0 Å². The number of methoxy groups -OCH3 is 2. The van der Waals surface area contributed by atoms with Crippen molar-refractivity contribution < 1.29 is 19.0 Å². The fourth-order valence-electron chi connectivity index (χ4n) is 3.22. The molecule has 25 heavy (non-hydrogen) atoms. The summed E-state index contributed by atoms with van der Waals surface area (Å²) in [5.41, 5.74) is 1.10. The van der Waals surface area contributed by atoms with Crippen molar-refractivity contribution in [3.63, 3.8) is 0 Å². The first-order valence-corrected chi connectivity index (χ1v) is 8.76. The molecule has 2 aliphatic rings. The molecule has 0 unspecified atom stereocenters. The number of ether oxygens (including phenoxy) is 3. The summed E-state index contributed by atoms with van der Waals surface area (Å²) >= 11 is 0. The number of carbonyl (C=O) groups excluding carboxylic acids is 1. The zero-order chi connectivity index (χ0) is 17.6. The lowest BCUT2D eigenvalue weighted by Crippen LogP contribution is -2.49. The maximum atomic E-state index is 12.5. The van der Waals surface area contributed by atoms with E-state index in [1.165, 1.54) is 0 Å². The topological polar surface area (TPSA) is 51.2 Å². The van der Waals surface area contributed by atoms with Gasteiger partial charge in [-0.2, -0.15) is 0 Å². The molecule has 0 N–H and O–H groups in total. The number of hydrogen-bond acceptors (Lipinski definition) is 5. The monoisotopic (exact) mass is 346 g/mol. The molecule has 1 fully saturated rings. The normalized spacial score (nSPS) is 18.3. The molecule has 6 heteroatoms. The van der Waals surface area contributed by atoms with Gasteiger partial charge in [0.1, 0.15) is 11.5 Å². The van der Waals surface area contributed by atoms with E-state index in [0.717, 1.165) is 49.5 Å². The van der Waals surface area contributed by atoms with E-state index in [1.54, 1.807) is 14.2 Å². The highest BCUT2D eigenvalue weighted by molar-refractivity contribution is 5.91. The molecule has 1 aromatic rings. The molecule has 6 nitrogen and oxygen atoms in total. The fraction of sp³-hybridized carbons (Fsp3) is 0.526. The van der Waals surface area contributed by atoms with Gasteiger partial charge in [0.25, 0.3) is 5.91 Å². The summed E-state index contributed by atoms with van der Waals surface area (Å²) in [5.74, 6) is 2.23. The van der Waals surface area contributed by atoms with E-state index in [0.29, 0.717) is 25.5 Å². The molecule has 2 heterocycles. The number of piperazine rings is 1. The second-order valence-electron chi connectivity index (χ2n) is 6.31. The molecule has 0 radical (unpaired) electrons. The summed E-state index contributed by atoms with van der Waals surface area (Å²) in [6.07, 6.45) is 3.84. The van der Waals surface area contributed by atoms with Gasteiger partial charge >= 0.3 is 0 Å². The molecule has 1 saturated heterocycles. The number of carbonyl (C=O) groups is 1. The lowest BCUT2D eigenvalue weighted by Gasteiger charge is -2.35. The maximum Gasteiger partial charge on any atom is 0.288 e. The largest absolute Gasteiger partial charge is 0.497 e. The SMILES string of the molecule is COc1ccc(OC)c(CN2CCN(C(=O)C3=CCCCO3)CC2)c1. The average molecular weight is 346 g/mol. The van der Waals surface area contributed by atoms with Gasteiger partial charge in [-0.15, -0.1) is 0 Å². The highest BCUT2D eigenvalue weighted by Gasteiger charge is 2.25. The Labute approximate surface area is 148 Å². The van der Waals surface area contributed by atoms with Gasteiger partial charge in [0.15, 0.2) is 5.76 Å². The van der Waals surface area contributed by atoms with Gasteiger partial charge in [0.05, 0.1) is 20.8 Å². The van der Waals surface area contributed by atoms with E-state index in [1.807, 2.05) is 29.2 Å². The highest BCUT2D eigenvalue weighted by Crippen LogP contribution is 2.26. The van der Waals surface area contributed by atoms with Gasteiger partial charge in [0.2, 0.25) is 0 Å². The first kappa shape index (κ1) is 17.6. The molecule has 0 saturated carbocycles. The first-order chi connectivity index (χ1) is 12.2. The lowest BCUT2D eigenvalue weighted by molar-refractivity contribution is -0.133. The predicted molar refractivity (Wildman–Crippen MR) is 94.7 cm³/mol. The second kappa shape index (κ2) is 8.25. The van der Waals surface area contributed by atoms with Crippen LogP contribution in [0.2, 0.25) is 0 Å². The quantitative estimate of drug-likeness (QED) is 0.817. The lowest BCUT2D eigenvalue weighted by atomic mass is 10.1. The van der Waals surface area contributed by atoms with Gasteiger partial charge in [-0.1, -0.05) is 0 Å². The van der Waals surface area contributed by atoms with Crippen LogP contribution in [0.4, 0.5) is 0 Å². The van der Waals surface area contributed by atoms with E-state index in [9.17, 15) is 4.79 Å². The van der Waals surface area contributed by atoms with Crippen LogP contribution in [0, 0.1) is 0 Å². The van der Waals surface area contributed by atoms with Crippen LogP contribution in [0.5, 0.6) is 11.5 Å². The van der Waals surface area contributed by atoms with Crippen LogP contribution in [-0.2, 0) is 16.1 Å².